The number of benzene rings is 1. The zero-order valence-corrected chi connectivity index (χ0v) is 14.0. The molecule has 0 atom stereocenters. The van der Waals surface area contributed by atoms with Crippen LogP contribution in [0.3, 0.4) is 0 Å². The second kappa shape index (κ2) is 6.65. The number of fused-ring (bicyclic) bond motifs is 1. The maximum Gasteiger partial charge on any atom is 0.329 e. The lowest BCUT2D eigenvalue weighted by molar-refractivity contribution is 0.689. The molecule has 0 fully saturated rings. The first-order chi connectivity index (χ1) is 12.0. The summed E-state index contributed by atoms with van der Waals surface area (Å²) in [7, 11) is 1.56. The first kappa shape index (κ1) is 16.5. The molecule has 0 saturated heterocycles. The summed E-state index contributed by atoms with van der Waals surface area (Å²) < 4.78 is 3.00. The molecule has 3 rings (SSSR count). The highest BCUT2D eigenvalue weighted by Gasteiger charge is 2.16. The second-order valence-electron chi connectivity index (χ2n) is 5.80. The van der Waals surface area contributed by atoms with Crippen LogP contribution in [0.1, 0.15) is 17.8 Å². The van der Waals surface area contributed by atoms with E-state index in [1.54, 1.807) is 11.6 Å². The number of hydrogen-bond donors (Lipinski definition) is 2. The Morgan fingerprint density at radius 3 is 2.88 bits per heavy atom. The number of hydrogen-bond acceptors (Lipinski definition) is 5. The van der Waals surface area contributed by atoms with Crippen LogP contribution in [0.4, 0.5) is 5.69 Å². The number of H-pyrrole nitrogens is 1. The number of nitrogens with zero attached hydrogens (tertiary/aromatic N) is 4. The van der Waals surface area contributed by atoms with Gasteiger partial charge in [-0.2, -0.15) is 5.26 Å². The lowest BCUT2D eigenvalue weighted by Gasteiger charge is -2.09. The molecule has 0 saturated carbocycles. The molecule has 8 nitrogen and oxygen atoms in total. The highest BCUT2D eigenvalue weighted by molar-refractivity contribution is 5.71. The minimum Gasteiger partial charge on any atom is -0.378 e. The van der Waals surface area contributed by atoms with Crippen LogP contribution in [-0.2, 0) is 20.1 Å². The van der Waals surface area contributed by atoms with Crippen molar-refractivity contribution in [2.45, 2.75) is 26.4 Å². The average molecular weight is 338 g/mol. The average Bonchev–Trinajstić information content (AvgIpc) is 2.95. The van der Waals surface area contributed by atoms with E-state index in [9.17, 15) is 9.59 Å². The molecule has 3 aromatic rings. The number of aromatic nitrogens is 4. The Balaban J connectivity index is 2.05. The van der Waals surface area contributed by atoms with E-state index in [0.717, 1.165) is 11.3 Å². The van der Waals surface area contributed by atoms with Gasteiger partial charge in [0.1, 0.15) is 5.82 Å². The van der Waals surface area contributed by atoms with E-state index in [4.69, 9.17) is 5.26 Å². The van der Waals surface area contributed by atoms with Gasteiger partial charge in [-0.05, 0) is 24.6 Å². The standard InChI is InChI=1S/C17H18N6O2/c1-11-5-3-6-12(9-11)19-10-13-20-15-14(23(13)8-4-7-18)16(24)21-17(25)22(15)2/h3,5-6,9,19H,4,8,10H2,1-2H3,(H,21,24,25). The van der Waals surface area contributed by atoms with Crippen molar-refractivity contribution in [3.8, 4) is 6.07 Å². The monoisotopic (exact) mass is 338 g/mol. The Kier molecular flexibility index (Phi) is 4.39. The molecule has 0 amide bonds. The molecule has 0 aliphatic carbocycles. The molecule has 128 valence electrons. The Labute approximate surface area is 143 Å². The molecule has 0 bridgehead atoms. The Bertz CT molecular complexity index is 1080. The van der Waals surface area contributed by atoms with Crippen LogP contribution in [0.15, 0.2) is 33.9 Å². The summed E-state index contributed by atoms with van der Waals surface area (Å²) in [6.45, 7) is 2.71. The Morgan fingerprint density at radius 2 is 2.16 bits per heavy atom. The van der Waals surface area contributed by atoms with E-state index < -0.39 is 11.2 Å². The highest BCUT2D eigenvalue weighted by Crippen LogP contribution is 2.15. The lowest BCUT2D eigenvalue weighted by atomic mass is 10.2. The first-order valence-corrected chi connectivity index (χ1v) is 7.87. The van der Waals surface area contributed by atoms with E-state index >= 15 is 0 Å². The van der Waals surface area contributed by atoms with Crippen molar-refractivity contribution in [2.75, 3.05) is 5.32 Å². The smallest absolute Gasteiger partial charge is 0.329 e. The maximum atomic E-state index is 12.2. The van der Waals surface area contributed by atoms with Gasteiger partial charge in [0.2, 0.25) is 0 Å². The van der Waals surface area contributed by atoms with Gasteiger partial charge in [0.05, 0.1) is 19.0 Å². The predicted molar refractivity (Wildman–Crippen MR) is 94.3 cm³/mol. The van der Waals surface area contributed by atoms with E-state index in [1.165, 1.54) is 4.57 Å². The fourth-order valence-electron chi connectivity index (χ4n) is 2.75. The minimum atomic E-state index is -0.513. The third-order valence-corrected chi connectivity index (χ3v) is 4.00. The molecule has 2 heterocycles. The summed E-state index contributed by atoms with van der Waals surface area (Å²) in [6, 6.07) is 9.97. The summed E-state index contributed by atoms with van der Waals surface area (Å²) in [5, 5.41) is 12.2. The first-order valence-electron chi connectivity index (χ1n) is 7.87. The molecule has 25 heavy (non-hydrogen) atoms. The topological polar surface area (TPSA) is 108 Å². The van der Waals surface area contributed by atoms with Gasteiger partial charge < -0.3 is 9.88 Å². The van der Waals surface area contributed by atoms with Crippen molar-refractivity contribution in [3.05, 3.63) is 56.5 Å². The fourth-order valence-corrected chi connectivity index (χ4v) is 2.75. The van der Waals surface area contributed by atoms with Crippen LogP contribution >= 0.6 is 0 Å². The molecule has 0 aliphatic heterocycles. The van der Waals surface area contributed by atoms with E-state index in [2.05, 4.69) is 21.4 Å². The van der Waals surface area contributed by atoms with Crippen LogP contribution in [-0.4, -0.2) is 19.1 Å². The molecule has 0 aliphatic rings. The number of aryl methyl sites for hydroxylation is 3. The van der Waals surface area contributed by atoms with Crippen LogP contribution in [0, 0.1) is 18.3 Å². The summed E-state index contributed by atoms with van der Waals surface area (Å²) >= 11 is 0. The van der Waals surface area contributed by atoms with Crippen LogP contribution in [0.25, 0.3) is 11.2 Å². The maximum absolute atomic E-state index is 12.2. The van der Waals surface area contributed by atoms with Gasteiger partial charge in [-0.25, -0.2) is 9.78 Å². The van der Waals surface area contributed by atoms with Crippen molar-refractivity contribution < 1.29 is 0 Å². The van der Waals surface area contributed by atoms with Crippen LogP contribution in [0.2, 0.25) is 0 Å². The van der Waals surface area contributed by atoms with Gasteiger partial charge in [0, 0.05) is 19.3 Å². The number of aromatic amines is 1. The van der Waals surface area contributed by atoms with Crippen molar-refractivity contribution in [1.29, 1.82) is 5.26 Å². The molecule has 2 aromatic heterocycles. The van der Waals surface area contributed by atoms with Crippen molar-refractivity contribution in [1.82, 2.24) is 19.1 Å². The highest BCUT2D eigenvalue weighted by atomic mass is 16.2. The summed E-state index contributed by atoms with van der Waals surface area (Å²) in [6.07, 6.45) is 0.241. The zero-order chi connectivity index (χ0) is 18.0. The van der Waals surface area contributed by atoms with Crippen molar-refractivity contribution in [3.63, 3.8) is 0 Å². The molecular formula is C17H18N6O2. The number of anilines is 1. The summed E-state index contributed by atoms with van der Waals surface area (Å²) in [5.74, 6) is 0.596. The normalized spacial score (nSPS) is 10.8. The van der Waals surface area contributed by atoms with Crippen molar-refractivity contribution >= 4 is 16.9 Å². The van der Waals surface area contributed by atoms with Crippen LogP contribution in [0.5, 0.6) is 0 Å². The number of rotatable bonds is 5. The Morgan fingerprint density at radius 1 is 1.36 bits per heavy atom. The van der Waals surface area contributed by atoms with Gasteiger partial charge in [0.15, 0.2) is 11.2 Å². The van der Waals surface area contributed by atoms with Gasteiger partial charge in [-0.1, -0.05) is 12.1 Å². The fraction of sp³-hybridized carbons (Fsp3) is 0.294. The van der Waals surface area contributed by atoms with Crippen LogP contribution < -0.4 is 16.6 Å². The van der Waals surface area contributed by atoms with Crippen molar-refractivity contribution in [2.24, 2.45) is 7.05 Å². The molecular weight excluding hydrogens is 320 g/mol. The largest absolute Gasteiger partial charge is 0.378 e. The minimum absolute atomic E-state index is 0.241. The van der Waals surface area contributed by atoms with Gasteiger partial charge in [0.25, 0.3) is 5.56 Å². The number of imidazole rings is 1. The molecule has 2 N–H and O–H groups in total. The molecule has 0 radical (unpaired) electrons. The molecule has 0 spiro atoms. The van der Waals surface area contributed by atoms with E-state index in [0.29, 0.717) is 30.1 Å². The van der Waals surface area contributed by atoms with Gasteiger partial charge in [-0.3, -0.25) is 14.3 Å². The molecule has 8 heteroatoms. The summed E-state index contributed by atoms with van der Waals surface area (Å²) in [4.78, 5) is 30.8. The second-order valence-corrected chi connectivity index (χ2v) is 5.80. The molecule has 1 aromatic carbocycles. The number of nitrogens with one attached hydrogen (secondary N) is 2. The summed E-state index contributed by atoms with van der Waals surface area (Å²) in [5.41, 5.74) is 1.67. The third kappa shape index (κ3) is 3.17. The van der Waals surface area contributed by atoms with E-state index in [-0.39, 0.29) is 6.42 Å². The molecule has 0 unspecified atom stereocenters. The quantitative estimate of drug-likeness (QED) is 0.728. The predicted octanol–water partition coefficient (Wildman–Crippen LogP) is 1.26. The van der Waals surface area contributed by atoms with Gasteiger partial charge in [-0.15, -0.1) is 0 Å². The number of nitriles is 1. The Hall–Kier alpha value is -3.34. The third-order valence-electron chi connectivity index (χ3n) is 4.00. The lowest BCUT2D eigenvalue weighted by Crippen LogP contribution is -2.29. The van der Waals surface area contributed by atoms with Gasteiger partial charge >= 0.3 is 5.69 Å². The SMILES string of the molecule is Cc1cccc(NCc2nc3c(c(=O)[nH]c(=O)n3C)n2CCC#N)c1. The van der Waals surface area contributed by atoms with E-state index in [1.807, 2.05) is 31.2 Å². The zero-order valence-electron chi connectivity index (χ0n) is 14.0.